The summed E-state index contributed by atoms with van der Waals surface area (Å²) in [5.41, 5.74) is 1.64. The lowest BCUT2D eigenvalue weighted by Gasteiger charge is -2.44. The van der Waals surface area contributed by atoms with E-state index in [9.17, 15) is 9.59 Å². The van der Waals surface area contributed by atoms with Crippen LogP contribution in [-0.4, -0.2) is 33.3 Å². The molecule has 2 aliphatic rings. The zero-order chi connectivity index (χ0) is 21.0. The zero-order valence-electron chi connectivity index (χ0n) is 17.8. The Morgan fingerprint density at radius 1 is 1.10 bits per heavy atom. The van der Waals surface area contributed by atoms with E-state index in [2.05, 4.69) is 10.3 Å². The van der Waals surface area contributed by atoms with Crippen LogP contribution in [0.1, 0.15) is 73.4 Å². The number of rotatable bonds is 4. The number of carbonyl (C=O) groups is 2. The monoisotopic (exact) mass is 405 g/mol. The van der Waals surface area contributed by atoms with Gasteiger partial charge in [-0.2, -0.15) is 0 Å². The minimum atomic E-state index is -0.927. The molecule has 0 saturated heterocycles. The highest BCUT2D eigenvalue weighted by molar-refractivity contribution is 6.02. The minimum absolute atomic E-state index is 0.0418. The Bertz CT molecular complexity index is 890. The number of carbonyl (C=O) groups excluding carboxylic acids is 2. The standard InChI is InChI=1S/C25H31N3O2/c1-25(24(30)27-21-12-5-3-2-4-6-13-21)16-20-11-7-8-14-22(20)23(29)28(25)18-19-10-9-15-26-17-19/h7-11,14-15,17,21H,2-6,12-13,16,18H2,1H3,(H,27,30). The highest BCUT2D eigenvalue weighted by Gasteiger charge is 2.47. The number of hydrogen-bond donors (Lipinski definition) is 1. The molecule has 5 heteroatoms. The lowest BCUT2D eigenvalue weighted by Crippen LogP contribution is -2.63. The Labute approximate surface area is 178 Å². The van der Waals surface area contributed by atoms with Gasteiger partial charge in [0.05, 0.1) is 0 Å². The number of nitrogens with one attached hydrogen (secondary N) is 1. The first kappa shape index (κ1) is 20.6. The molecule has 0 spiro atoms. The molecule has 2 amide bonds. The summed E-state index contributed by atoms with van der Waals surface area (Å²) in [6, 6.07) is 11.7. The Kier molecular flexibility index (Phi) is 6.16. The Balaban J connectivity index is 1.62. The molecule has 1 N–H and O–H groups in total. The summed E-state index contributed by atoms with van der Waals surface area (Å²) in [5.74, 6) is -0.129. The highest BCUT2D eigenvalue weighted by atomic mass is 16.2. The van der Waals surface area contributed by atoms with Crippen molar-refractivity contribution in [1.82, 2.24) is 15.2 Å². The van der Waals surface area contributed by atoms with Crippen molar-refractivity contribution in [3.05, 3.63) is 65.5 Å². The Morgan fingerprint density at radius 2 is 1.83 bits per heavy atom. The van der Waals surface area contributed by atoms with Crippen LogP contribution in [0.25, 0.3) is 0 Å². The number of pyridine rings is 1. The molecular formula is C25H31N3O2. The van der Waals surface area contributed by atoms with Gasteiger partial charge in [-0.25, -0.2) is 0 Å². The number of nitrogens with zero attached hydrogens (tertiary/aromatic N) is 2. The third kappa shape index (κ3) is 4.25. The van der Waals surface area contributed by atoms with Gasteiger partial charge in [0.1, 0.15) is 5.54 Å². The van der Waals surface area contributed by atoms with E-state index >= 15 is 0 Å². The zero-order valence-corrected chi connectivity index (χ0v) is 17.8. The van der Waals surface area contributed by atoms with Crippen LogP contribution < -0.4 is 5.32 Å². The molecule has 4 rings (SSSR count). The van der Waals surface area contributed by atoms with Crippen LogP contribution in [0.2, 0.25) is 0 Å². The van der Waals surface area contributed by atoms with Crippen molar-refractivity contribution in [2.24, 2.45) is 0 Å². The fourth-order valence-electron chi connectivity index (χ4n) is 4.78. The predicted molar refractivity (Wildman–Crippen MR) is 117 cm³/mol. The van der Waals surface area contributed by atoms with Crippen LogP contribution in [0.15, 0.2) is 48.8 Å². The van der Waals surface area contributed by atoms with Crippen LogP contribution in [-0.2, 0) is 17.8 Å². The van der Waals surface area contributed by atoms with Crippen molar-refractivity contribution in [1.29, 1.82) is 0 Å². The largest absolute Gasteiger partial charge is 0.351 e. The molecule has 2 aromatic rings. The quantitative estimate of drug-likeness (QED) is 0.826. The van der Waals surface area contributed by atoms with Gasteiger partial charge in [0.2, 0.25) is 5.91 Å². The maximum atomic E-state index is 13.6. The van der Waals surface area contributed by atoms with Crippen LogP contribution in [0, 0.1) is 0 Å². The maximum absolute atomic E-state index is 13.6. The van der Waals surface area contributed by atoms with E-state index in [0.717, 1.165) is 36.8 Å². The van der Waals surface area contributed by atoms with E-state index < -0.39 is 5.54 Å². The molecule has 0 bridgehead atoms. The fraction of sp³-hybridized carbons (Fsp3) is 0.480. The van der Waals surface area contributed by atoms with Gasteiger partial charge in [-0.05, 0) is 43.0 Å². The van der Waals surface area contributed by atoms with E-state index in [1.807, 2.05) is 43.3 Å². The second-order valence-corrected chi connectivity index (χ2v) is 8.88. The first-order chi connectivity index (χ1) is 14.6. The number of hydrogen-bond acceptors (Lipinski definition) is 3. The number of aromatic nitrogens is 1. The summed E-state index contributed by atoms with van der Waals surface area (Å²) < 4.78 is 0. The Hall–Kier alpha value is -2.69. The van der Waals surface area contributed by atoms with Gasteiger partial charge in [-0.1, -0.05) is 56.4 Å². The first-order valence-corrected chi connectivity index (χ1v) is 11.2. The van der Waals surface area contributed by atoms with Gasteiger partial charge in [-0.15, -0.1) is 0 Å². The number of amides is 2. The Morgan fingerprint density at radius 3 is 2.57 bits per heavy atom. The van der Waals surface area contributed by atoms with Crippen molar-refractivity contribution < 1.29 is 9.59 Å². The molecule has 1 aromatic carbocycles. The minimum Gasteiger partial charge on any atom is -0.351 e. The maximum Gasteiger partial charge on any atom is 0.255 e. The van der Waals surface area contributed by atoms with Crippen molar-refractivity contribution in [3.8, 4) is 0 Å². The fourth-order valence-corrected chi connectivity index (χ4v) is 4.78. The molecule has 0 radical (unpaired) electrons. The molecule has 30 heavy (non-hydrogen) atoms. The number of fused-ring (bicyclic) bond motifs is 1. The molecule has 1 unspecified atom stereocenters. The molecule has 1 aromatic heterocycles. The third-order valence-corrected chi connectivity index (χ3v) is 6.62. The van der Waals surface area contributed by atoms with E-state index in [-0.39, 0.29) is 17.9 Å². The predicted octanol–water partition coefficient (Wildman–Crippen LogP) is 4.27. The summed E-state index contributed by atoms with van der Waals surface area (Å²) in [5, 5.41) is 3.32. The molecule has 1 fully saturated rings. The SMILES string of the molecule is CC1(C(=O)NC2CCCCCCC2)Cc2ccccc2C(=O)N1Cc1cccnc1. The van der Waals surface area contributed by atoms with E-state index in [1.165, 1.54) is 19.3 Å². The summed E-state index contributed by atoms with van der Waals surface area (Å²) in [6.45, 7) is 2.28. The molecule has 1 saturated carbocycles. The number of benzene rings is 1. The molecule has 5 nitrogen and oxygen atoms in total. The van der Waals surface area contributed by atoms with E-state index in [4.69, 9.17) is 0 Å². The van der Waals surface area contributed by atoms with Gasteiger partial charge in [0.25, 0.3) is 5.91 Å². The van der Waals surface area contributed by atoms with E-state index in [1.54, 1.807) is 17.3 Å². The molecule has 158 valence electrons. The molecular weight excluding hydrogens is 374 g/mol. The summed E-state index contributed by atoms with van der Waals surface area (Å²) in [4.78, 5) is 33.0. The summed E-state index contributed by atoms with van der Waals surface area (Å²) in [7, 11) is 0. The van der Waals surface area contributed by atoms with Crippen molar-refractivity contribution in [2.45, 2.75) is 76.4 Å². The molecule has 1 aliphatic carbocycles. The third-order valence-electron chi connectivity index (χ3n) is 6.62. The van der Waals surface area contributed by atoms with Crippen molar-refractivity contribution >= 4 is 11.8 Å². The second-order valence-electron chi connectivity index (χ2n) is 8.88. The summed E-state index contributed by atoms with van der Waals surface area (Å²) in [6.07, 6.45) is 12.1. The van der Waals surface area contributed by atoms with Crippen LogP contribution in [0.3, 0.4) is 0 Å². The molecule has 2 heterocycles. The highest BCUT2D eigenvalue weighted by Crippen LogP contribution is 2.33. The van der Waals surface area contributed by atoms with Gasteiger partial charge in [-0.3, -0.25) is 14.6 Å². The van der Waals surface area contributed by atoms with Crippen LogP contribution in [0.4, 0.5) is 0 Å². The van der Waals surface area contributed by atoms with Gasteiger partial charge in [0.15, 0.2) is 0 Å². The molecule has 1 atom stereocenters. The molecule has 1 aliphatic heterocycles. The van der Waals surface area contributed by atoms with Gasteiger partial charge >= 0.3 is 0 Å². The van der Waals surface area contributed by atoms with Crippen LogP contribution in [0.5, 0.6) is 0 Å². The van der Waals surface area contributed by atoms with Crippen LogP contribution >= 0.6 is 0 Å². The second kappa shape index (κ2) is 8.99. The lowest BCUT2D eigenvalue weighted by molar-refractivity contribution is -0.132. The first-order valence-electron chi connectivity index (χ1n) is 11.2. The van der Waals surface area contributed by atoms with Gasteiger partial charge < -0.3 is 10.2 Å². The van der Waals surface area contributed by atoms with Gasteiger partial charge in [0, 0.05) is 37.0 Å². The van der Waals surface area contributed by atoms with E-state index in [0.29, 0.717) is 18.5 Å². The smallest absolute Gasteiger partial charge is 0.255 e. The van der Waals surface area contributed by atoms with Crippen molar-refractivity contribution in [2.75, 3.05) is 0 Å². The lowest BCUT2D eigenvalue weighted by atomic mass is 9.82. The van der Waals surface area contributed by atoms with Crippen molar-refractivity contribution in [3.63, 3.8) is 0 Å². The topological polar surface area (TPSA) is 62.3 Å². The normalized spacial score (nSPS) is 22.7. The average Bonchev–Trinajstić information content (AvgIpc) is 2.73. The average molecular weight is 406 g/mol. The summed E-state index contributed by atoms with van der Waals surface area (Å²) >= 11 is 0.